The second-order valence-electron chi connectivity index (χ2n) is 6.92. The van der Waals surface area contributed by atoms with Crippen LogP contribution in [-0.2, 0) is 0 Å². The summed E-state index contributed by atoms with van der Waals surface area (Å²) < 4.78 is 19.4. The number of carbonyl (C=O) groups excluding carboxylic acids is 1. The third-order valence-electron chi connectivity index (χ3n) is 4.89. The quantitative estimate of drug-likeness (QED) is 0.671. The third kappa shape index (κ3) is 4.40. The summed E-state index contributed by atoms with van der Waals surface area (Å²) in [6.45, 7) is 1.75. The molecule has 8 heteroatoms. The lowest BCUT2D eigenvalue weighted by atomic mass is 10.1. The van der Waals surface area contributed by atoms with Gasteiger partial charge in [-0.05, 0) is 43.0 Å². The predicted molar refractivity (Wildman–Crippen MR) is 108 cm³/mol. The number of benzene rings is 2. The molecule has 1 fully saturated rings. The van der Waals surface area contributed by atoms with Crippen molar-refractivity contribution >= 4 is 23.5 Å². The molecule has 4 rings (SSSR count). The third-order valence-corrected chi connectivity index (χ3v) is 5.18. The van der Waals surface area contributed by atoms with Crippen LogP contribution in [0.5, 0.6) is 0 Å². The van der Waals surface area contributed by atoms with E-state index in [0.29, 0.717) is 11.9 Å². The first-order valence-corrected chi connectivity index (χ1v) is 9.89. The maximum Gasteiger partial charge on any atom is 0.318 e. The Balaban J connectivity index is 1.61. The van der Waals surface area contributed by atoms with E-state index in [0.717, 1.165) is 37.6 Å². The molecular formula is C21H20ClFN4O2. The van der Waals surface area contributed by atoms with Crippen molar-refractivity contribution in [2.45, 2.75) is 25.3 Å². The Labute approximate surface area is 172 Å². The van der Waals surface area contributed by atoms with E-state index in [4.69, 9.17) is 16.0 Å². The fraction of sp³-hybridized carbons (Fsp3) is 0.286. The fourth-order valence-corrected chi connectivity index (χ4v) is 3.52. The molecule has 0 radical (unpaired) electrons. The highest BCUT2D eigenvalue weighted by Gasteiger charge is 2.26. The van der Waals surface area contributed by atoms with Crippen molar-refractivity contribution in [2.75, 3.05) is 18.0 Å². The lowest BCUT2D eigenvalue weighted by molar-refractivity contribution is 0.0938. The molecule has 1 aliphatic heterocycles. The van der Waals surface area contributed by atoms with Gasteiger partial charge in [0.2, 0.25) is 5.89 Å². The minimum atomic E-state index is -0.640. The number of halogens is 2. The second kappa shape index (κ2) is 8.61. The summed E-state index contributed by atoms with van der Waals surface area (Å²) in [6, 6.07) is 13.0. The van der Waals surface area contributed by atoms with Gasteiger partial charge in [-0.1, -0.05) is 47.0 Å². The second-order valence-corrected chi connectivity index (χ2v) is 7.32. The Morgan fingerprint density at radius 3 is 2.59 bits per heavy atom. The largest absolute Gasteiger partial charge is 0.405 e. The van der Waals surface area contributed by atoms with Gasteiger partial charge in [0.15, 0.2) is 0 Å². The molecule has 1 unspecified atom stereocenters. The molecule has 6 nitrogen and oxygen atoms in total. The van der Waals surface area contributed by atoms with E-state index in [2.05, 4.69) is 20.4 Å². The Hall–Kier alpha value is -2.93. The minimum absolute atomic E-state index is 0.112. The summed E-state index contributed by atoms with van der Waals surface area (Å²) in [5.41, 5.74) is 1.04. The monoisotopic (exact) mass is 414 g/mol. The van der Waals surface area contributed by atoms with Crippen molar-refractivity contribution in [1.82, 2.24) is 15.5 Å². The fourth-order valence-electron chi connectivity index (χ4n) is 3.34. The number of hydrogen-bond acceptors (Lipinski definition) is 5. The zero-order valence-corrected chi connectivity index (χ0v) is 16.4. The standard InChI is InChI=1S/C21H20ClFN4O2/c22-16-13-15(9-10-17(16)23)19(28)24-18(14-7-3-1-4-8-14)20-25-26-21(29-20)27-11-5-2-6-12-27/h1,3-4,7-10,13,18H,2,5-6,11-12H2,(H,24,28). The van der Waals surface area contributed by atoms with E-state index < -0.39 is 17.8 Å². The molecular weight excluding hydrogens is 395 g/mol. The number of amides is 1. The van der Waals surface area contributed by atoms with Crippen LogP contribution in [0.15, 0.2) is 52.9 Å². The number of nitrogens with one attached hydrogen (secondary N) is 1. The van der Waals surface area contributed by atoms with Gasteiger partial charge in [0.1, 0.15) is 11.9 Å². The zero-order valence-electron chi connectivity index (χ0n) is 15.6. The molecule has 2 aromatic carbocycles. The number of piperidine rings is 1. The topological polar surface area (TPSA) is 71.3 Å². The molecule has 150 valence electrons. The molecule has 0 aliphatic carbocycles. The molecule has 0 bridgehead atoms. The Morgan fingerprint density at radius 1 is 1.10 bits per heavy atom. The molecule has 0 spiro atoms. The van der Waals surface area contributed by atoms with Crippen molar-refractivity contribution in [2.24, 2.45) is 0 Å². The van der Waals surface area contributed by atoms with Gasteiger partial charge in [-0.2, -0.15) is 0 Å². The Morgan fingerprint density at radius 2 is 1.86 bits per heavy atom. The predicted octanol–water partition coefficient (Wildman–Crippen LogP) is 4.37. The zero-order chi connectivity index (χ0) is 20.2. The molecule has 1 amide bonds. The van der Waals surface area contributed by atoms with Crippen molar-refractivity contribution in [3.8, 4) is 0 Å². The van der Waals surface area contributed by atoms with Gasteiger partial charge < -0.3 is 14.6 Å². The summed E-state index contributed by atoms with van der Waals surface area (Å²) >= 11 is 5.82. The van der Waals surface area contributed by atoms with Crippen molar-refractivity contribution in [1.29, 1.82) is 0 Å². The van der Waals surface area contributed by atoms with Gasteiger partial charge in [-0.25, -0.2) is 4.39 Å². The van der Waals surface area contributed by atoms with E-state index in [-0.39, 0.29) is 10.6 Å². The SMILES string of the molecule is O=C(NC(c1ccccc1)c1nnc(N2CCCCC2)o1)c1ccc(F)c(Cl)c1. The van der Waals surface area contributed by atoms with Gasteiger partial charge >= 0.3 is 6.01 Å². The molecule has 3 aromatic rings. The highest BCUT2D eigenvalue weighted by Crippen LogP contribution is 2.26. The first kappa shape index (κ1) is 19.4. The summed E-state index contributed by atoms with van der Waals surface area (Å²) in [6.07, 6.45) is 3.37. The van der Waals surface area contributed by atoms with Gasteiger partial charge in [0.05, 0.1) is 5.02 Å². The van der Waals surface area contributed by atoms with Crippen LogP contribution >= 0.6 is 11.6 Å². The lowest BCUT2D eigenvalue weighted by Crippen LogP contribution is -2.30. The smallest absolute Gasteiger partial charge is 0.318 e. The van der Waals surface area contributed by atoms with Crippen LogP contribution < -0.4 is 10.2 Å². The lowest BCUT2D eigenvalue weighted by Gasteiger charge is -2.24. The van der Waals surface area contributed by atoms with E-state index in [9.17, 15) is 9.18 Å². The molecule has 1 aromatic heterocycles. The molecule has 2 heterocycles. The van der Waals surface area contributed by atoms with E-state index in [1.165, 1.54) is 18.6 Å². The maximum absolute atomic E-state index is 13.4. The van der Waals surface area contributed by atoms with Crippen LogP contribution in [0.4, 0.5) is 10.4 Å². The van der Waals surface area contributed by atoms with E-state index in [1.807, 2.05) is 30.3 Å². The van der Waals surface area contributed by atoms with Crippen LogP contribution in [0.3, 0.4) is 0 Å². The molecule has 0 saturated carbocycles. The van der Waals surface area contributed by atoms with Crippen LogP contribution in [0.2, 0.25) is 5.02 Å². The summed E-state index contributed by atoms with van der Waals surface area (Å²) in [4.78, 5) is 14.8. The van der Waals surface area contributed by atoms with Gasteiger partial charge in [0, 0.05) is 18.7 Å². The van der Waals surface area contributed by atoms with Crippen molar-refractivity contribution < 1.29 is 13.6 Å². The highest BCUT2D eigenvalue weighted by atomic mass is 35.5. The molecule has 1 atom stereocenters. The van der Waals surface area contributed by atoms with E-state index >= 15 is 0 Å². The minimum Gasteiger partial charge on any atom is -0.405 e. The number of rotatable bonds is 5. The van der Waals surface area contributed by atoms with Crippen LogP contribution in [0.1, 0.15) is 47.1 Å². The van der Waals surface area contributed by atoms with Gasteiger partial charge in [-0.15, -0.1) is 5.10 Å². The number of aromatic nitrogens is 2. The first-order chi connectivity index (χ1) is 14.1. The summed E-state index contributed by atoms with van der Waals surface area (Å²) in [5.74, 6) is -0.706. The average molecular weight is 415 g/mol. The van der Waals surface area contributed by atoms with Crippen LogP contribution in [-0.4, -0.2) is 29.2 Å². The van der Waals surface area contributed by atoms with E-state index in [1.54, 1.807) is 0 Å². The number of carbonyl (C=O) groups is 1. The average Bonchev–Trinajstić information content (AvgIpc) is 3.25. The molecule has 29 heavy (non-hydrogen) atoms. The molecule has 1 aliphatic rings. The van der Waals surface area contributed by atoms with Crippen LogP contribution in [0, 0.1) is 5.82 Å². The van der Waals surface area contributed by atoms with Gasteiger partial charge in [0.25, 0.3) is 5.91 Å². The van der Waals surface area contributed by atoms with Crippen molar-refractivity contribution in [3.63, 3.8) is 0 Å². The molecule has 1 saturated heterocycles. The number of anilines is 1. The Bertz CT molecular complexity index is 989. The first-order valence-electron chi connectivity index (χ1n) is 9.51. The van der Waals surface area contributed by atoms with Crippen LogP contribution in [0.25, 0.3) is 0 Å². The molecule has 1 N–H and O–H groups in total. The number of nitrogens with zero attached hydrogens (tertiary/aromatic N) is 3. The number of hydrogen-bond donors (Lipinski definition) is 1. The summed E-state index contributed by atoms with van der Waals surface area (Å²) in [5, 5.41) is 11.1. The normalized spacial score (nSPS) is 15.2. The van der Waals surface area contributed by atoms with Gasteiger partial charge in [-0.3, -0.25) is 4.79 Å². The Kier molecular flexibility index (Phi) is 5.76. The highest BCUT2D eigenvalue weighted by molar-refractivity contribution is 6.31. The van der Waals surface area contributed by atoms with Crippen molar-refractivity contribution in [3.05, 3.63) is 76.4 Å². The summed E-state index contributed by atoms with van der Waals surface area (Å²) in [7, 11) is 0. The maximum atomic E-state index is 13.4.